The molecule has 2 heterocycles. The summed E-state index contributed by atoms with van der Waals surface area (Å²) in [4.78, 5) is 9.09. The van der Waals surface area contributed by atoms with Crippen LogP contribution < -0.4 is 0 Å². The normalized spacial score (nSPS) is 11.3. The van der Waals surface area contributed by atoms with Crippen molar-refractivity contribution in [1.29, 1.82) is 0 Å². The summed E-state index contributed by atoms with van der Waals surface area (Å²) in [5.41, 5.74) is 3.73. The van der Waals surface area contributed by atoms with Gasteiger partial charge in [-0.3, -0.25) is 0 Å². The van der Waals surface area contributed by atoms with E-state index >= 15 is 0 Å². The lowest BCUT2D eigenvalue weighted by atomic mass is 10.1. The van der Waals surface area contributed by atoms with Gasteiger partial charge in [-0.15, -0.1) is 22.0 Å². The van der Waals surface area contributed by atoms with E-state index in [2.05, 4.69) is 33.2 Å². The van der Waals surface area contributed by atoms with Gasteiger partial charge >= 0.3 is 0 Å². The highest BCUT2D eigenvalue weighted by atomic mass is 32.2. The number of hydrogen-bond donors (Lipinski definition) is 0. The molecule has 6 heteroatoms. The summed E-state index contributed by atoms with van der Waals surface area (Å²) in [7, 11) is 0. The van der Waals surface area contributed by atoms with Crippen LogP contribution in [-0.2, 0) is 0 Å². The fourth-order valence-corrected chi connectivity index (χ4v) is 2.89. The van der Waals surface area contributed by atoms with Gasteiger partial charge < -0.3 is 0 Å². The van der Waals surface area contributed by atoms with Crippen LogP contribution in [0.4, 0.5) is 0 Å². The smallest absolute Gasteiger partial charge is 0.189 e. The summed E-state index contributed by atoms with van der Waals surface area (Å²) in [6.45, 7) is 2.07. The molecule has 3 rings (SSSR count). The molecule has 96 valence electrons. The Hall–Kier alpha value is -1.40. The Kier molecular flexibility index (Phi) is 3.28. The molecule has 0 spiro atoms. The molecule has 1 aromatic carbocycles. The lowest BCUT2D eigenvalue weighted by Gasteiger charge is -2.06. The van der Waals surface area contributed by atoms with E-state index in [9.17, 15) is 0 Å². The molecule has 0 aliphatic rings. The molecule has 0 radical (unpaired) electrons. The first kappa shape index (κ1) is 12.6. The van der Waals surface area contributed by atoms with Crippen molar-refractivity contribution < 1.29 is 0 Å². The molecule has 0 fully saturated rings. The number of nitrogens with zero attached hydrogens (tertiary/aromatic N) is 4. The van der Waals surface area contributed by atoms with Crippen LogP contribution in [0.2, 0.25) is 0 Å². The molecule has 0 aliphatic carbocycles. The molecule has 0 bridgehead atoms. The Morgan fingerprint density at radius 1 is 0.947 bits per heavy atom. The molecule has 0 saturated carbocycles. The second-order valence-electron chi connectivity index (χ2n) is 4.14. The quantitative estimate of drug-likeness (QED) is 0.312. The van der Waals surface area contributed by atoms with E-state index < -0.39 is 0 Å². The molecule has 0 aliphatic heterocycles. The molecule has 2 aromatic heterocycles. The number of thioether (sulfide) groups is 2. The summed E-state index contributed by atoms with van der Waals surface area (Å²) in [5, 5.41) is 11.2. The molecule has 3 aromatic rings. The maximum Gasteiger partial charge on any atom is 0.189 e. The van der Waals surface area contributed by atoms with E-state index in [1.807, 2.05) is 24.6 Å². The Morgan fingerprint density at radius 3 is 2.53 bits per heavy atom. The minimum absolute atomic E-state index is 0.771. The number of benzene rings is 1. The predicted octanol–water partition coefficient (Wildman–Crippen LogP) is 3.33. The van der Waals surface area contributed by atoms with Gasteiger partial charge in [-0.2, -0.15) is 0 Å². The summed E-state index contributed by atoms with van der Waals surface area (Å²) < 4.78 is 0. The monoisotopic (exact) mass is 288 g/mol. The lowest BCUT2D eigenvalue weighted by Crippen LogP contribution is -1.97. The molecule has 0 saturated heterocycles. The number of aromatic nitrogens is 4. The molecular weight excluding hydrogens is 276 g/mol. The van der Waals surface area contributed by atoms with Crippen molar-refractivity contribution in [2.75, 3.05) is 12.5 Å². The van der Waals surface area contributed by atoms with Crippen molar-refractivity contribution in [3.05, 3.63) is 23.8 Å². The maximum atomic E-state index is 4.61. The van der Waals surface area contributed by atoms with Crippen molar-refractivity contribution in [3.63, 3.8) is 0 Å². The SMILES string of the molecule is CSc1nc(SC)c2nnc3ccc(C)cc3c2n1. The topological polar surface area (TPSA) is 51.6 Å². The van der Waals surface area contributed by atoms with E-state index in [0.29, 0.717) is 0 Å². The van der Waals surface area contributed by atoms with E-state index in [1.54, 1.807) is 23.5 Å². The van der Waals surface area contributed by atoms with Gasteiger partial charge in [0.1, 0.15) is 16.1 Å². The van der Waals surface area contributed by atoms with Gasteiger partial charge in [0.05, 0.1) is 5.52 Å². The van der Waals surface area contributed by atoms with Crippen molar-refractivity contribution >= 4 is 45.5 Å². The zero-order valence-corrected chi connectivity index (χ0v) is 12.5. The average Bonchev–Trinajstić information content (AvgIpc) is 2.45. The third kappa shape index (κ3) is 2.15. The third-order valence-corrected chi connectivity index (χ3v) is 4.09. The van der Waals surface area contributed by atoms with Gasteiger partial charge in [0.15, 0.2) is 5.16 Å². The summed E-state index contributed by atoms with van der Waals surface area (Å²) in [5.74, 6) is 0. The number of rotatable bonds is 2. The molecule has 0 N–H and O–H groups in total. The summed E-state index contributed by atoms with van der Waals surface area (Å²) in [6.07, 6.45) is 3.97. The Labute approximate surface area is 119 Å². The lowest BCUT2D eigenvalue weighted by molar-refractivity contribution is 0.916. The highest BCUT2D eigenvalue weighted by Crippen LogP contribution is 2.28. The molecule has 4 nitrogen and oxygen atoms in total. The second kappa shape index (κ2) is 4.94. The van der Waals surface area contributed by atoms with E-state index in [1.165, 1.54) is 5.56 Å². The van der Waals surface area contributed by atoms with Crippen LogP contribution in [0.15, 0.2) is 28.4 Å². The maximum absolute atomic E-state index is 4.61. The Balaban J connectivity index is 2.49. The van der Waals surface area contributed by atoms with Crippen molar-refractivity contribution in [1.82, 2.24) is 20.2 Å². The predicted molar refractivity (Wildman–Crippen MR) is 80.9 cm³/mol. The number of fused-ring (bicyclic) bond motifs is 3. The second-order valence-corrected chi connectivity index (χ2v) is 5.71. The summed E-state index contributed by atoms with van der Waals surface area (Å²) in [6, 6.07) is 6.12. The summed E-state index contributed by atoms with van der Waals surface area (Å²) >= 11 is 3.12. The van der Waals surface area contributed by atoms with Gasteiger partial charge in [0, 0.05) is 5.39 Å². The van der Waals surface area contributed by atoms with Gasteiger partial charge in [0.25, 0.3) is 0 Å². The minimum Gasteiger partial charge on any atom is -0.220 e. The van der Waals surface area contributed by atoms with Crippen LogP contribution >= 0.6 is 23.5 Å². The Bertz CT molecular complexity index is 773. The van der Waals surface area contributed by atoms with E-state index in [-0.39, 0.29) is 0 Å². The molecule has 19 heavy (non-hydrogen) atoms. The van der Waals surface area contributed by atoms with Crippen LogP contribution in [0.3, 0.4) is 0 Å². The zero-order valence-electron chi connectivity index (χ0n) is 10.8. The highest BCUT2D eigenvalue weighted by Gasteiger charge is 2.12. The first-order chi connectivity index (χ1) is 9.22. The van der Waals surface area contributed by atoms with E-state index in [4.69, 9.17) is 0 Å². The zero-order chi connectivity index (χ0) is 13.4. The standard InChI is InChI=1S/C13H12N4S2/c1-7-4-5-9-8(6-7)10-11(17-16-9)12(18-2)15-13(14-10)19-3/h4-6H,1-3H3. The van der Waals surface area contributed by atoms with Gasteiger partial charge in [0.2, 0.25) is 0 Å². The average molecular weight is 288 g/mol. The minimum atomic E-state index is 0.771. The first-order valence-corrected chi connectivity index (χ1v) is 8.20. The molecule has 0 amide bonds. The molecular formula is C13H12N4S2. The van der Waals surface area contributed by atoms with Crippen molar-refractivity contribution in [2.45, 2.75) is 17.1 Å². The fourth-order valence-electron chi connectivity index (χ4n) is 1.96. The van der Waals surface area contributed by atoms with Crippen LogP contribution in [0.5, 0.6) is 0 Å². The highest BCUT2D eigenvalue weighted by molar-refractivity contribution is 7.99. The van der Waals surface area contributed by atoms with Crippen LogP contribution in [0.1, 0.15) is 5.56 Å². The molecule has 0 atom stereocenters. The van der Waals surface area contributed by atoms with Crippen LogP contribution in [-0.4, -0.2) is 32.7 Å². The number of hydrogen-bond acceptors (Lipinski definition) is 6. The van der Waals surface area contributed by atoms with Crippen LogP contribution in [0.25, 0.3) is 21.9 Å². The van der Waals surface area contributed by atoms with Crippen LogP contribution in [0, 0.1) is 6.92 Å². The first-order valence-electron chi connectivity index (χ1n) is 5.75. The van der Waals surface area contributed by atoms with E-state index in [0.717, 1.165) is 32.1 Å². The molecule has 0 unspecified atom stereocenters. The van der Waals surface area contributed by atoms with Crippen molar-refractivity contribution in [2.24, 2.45) is 0 Å². The van der Waals surface area contributed by atoms with Crippen molar-refractivity contribution in [3.8, 4) is 0 Å². The fraction of sp³-hybridized carbons (Fsp3) is 0.231. The van der Waals surface area contributed by atoms with Gasteiger partial charge in [-0.1, -0.05) is 23.4 Å². The number of aryl methyl sites for hydroxylation is 1. The third-order valence-electron chi connectivity index (χ3n) is 2.87. The van der Waals surface area contributed by atoms with Gasteiger partial charge in [-0.25, -0.2) is 9.97 Å². The largest absolute Gasteiger partial charge is 0.220 e. The van der Waals surface area contributed by atoms with Gasteiger partial charge in [-0.05, 0) is 31.6 Å². The Morgan fingerprint density at radius 2 is 1.79 bits per heavy atom.